The van der Waals surface area contributed by atoms with Crippen molar-refractivity contribution < 1.29 is 9.18 Å². The van der Waals surface area contributed by atoms with Gasteiger partial charge in [-0.25, -0.2) is 4.39 Å². The summed E-state index contributed by atoms with van der Waals surface area (Å²) in [5.74, 6) is -0.296. The second-order valence-electron chi connectivity index (χ2n) is 4.87. The first-order chi connectivity index (χ1) is 9.69. The Labute approximate surface area is 118 Å². The molecular formula is C16H19FN2O. The van der Waals surface area contributed by atoms with Crippen LogP contribution in [0.4, 0.5) is 4.39 Å². The number of unbranched alkanes of at least 4 members (excludes halogenated alkanes) is 2. The Balaban J connectivity index is 1.96. The molecule has 2 rings (SSSR count). The summed E-state index contributed by atoms with van der Waals surface area (Å²) in [4.78, 5) is 16.1. The molecule has 0 atom stereocenters. The number of pyridine rings is 1. The summed E-state index contributed by atoms with van der Waals surface area (Å²) in [5, 5.41) is 3.63. The third-order valence-electron chi connectivity index (χ3n) is 3.15. The third kappa shape index (κ3) is 4.02. The highest BCUT2D eigenvalue weighted by Gasteiger charge is 2.05. The molecule has 1 aromatic carbocycles. The van der Waals surface area contributed by atoms with Crippen molar-refractivity contribution in [3.8, 4) is 0 Å². The maximum atomic E-state index is 13.1. The van der Waals surface area contributed by atoms with Crippen molar-refractivity contribution in [3.05, 3.63) is 41.8 Å². The fourth-order valence-electron chi connectivity index (χ4n) is 2.07. The quantitative estimate of drug-likeness (QED) is 0.822. The Morgan fingerprint density at radius 1 is 1.25 bits per heavy atom. The fraction of sp³-hybridized carbons (Fsp3) is 0.375. The van der Waals surface area contributed by atoms with Crippen LogP contribution in [0.25, 0.3) is 10.9 Å². The van der Waals surface area contributed by atoms with Crippen LogP contribution in [0.3, 0.4) is 0 Å². The molecule has 20 heavy (non-hydrogen) atoms. The Bertz CT molecular complexity index is 598. The van der Waals surface area contributed by atoms with E-state index in [0.29, 0.717) is 17.8 Å². The number of fused-ring (bicyclic) bond motifs is 1. The molecule has 1 amide bonds. The molecule has 0 radical (unpaired) electrons. The van der Waals surface area contributed by atoms with E-state index in [2.05, 4.69) is 17.2 Å². The third-order valence-corrected chi connectivity index (χ3v) is 3.15. The summed E-state index contributed by atoms with van der Waals surface area (Å²) in [7, 11) is 0. The average Bonchev–Trinajstić information content (AvgIpc) is 2.44. The Hall–Kier alpha value is -1.97. The van der Waals surface area contributed by atoms with Crippen LogP contribution in [-0.2, 0) is 11.2 Å². The summed E-state index contributed by atoms with van der Waals surface area (Å²) in [6, 6.07) is 8.02. The van der Waals surface area contributed by atoms with Gasteiger partial charge in [0.05, 0.1) is 17.6 Å². The number of benzene rings is 1. The second kappa shape index (κ2) is 6.98. The van der Waals surface area contributed by atoms with Crippen LogP contribution >= 0.6 is 0 Å². The fourth-order valence-corrected chi connectivity index (χ4v) is 2.07. The van der Waals surface area contributed by atoms with Crippen LogP contribution in [0.1, 0.15) is 31.9 Å². The van der Waals surface area contributed by atoms with E-state index in [1.165, 1.54) is 12.1 Å². The first-order valence-corrected chi connectivity index (χ1v) is 7.01. The van der Waals surface area contributed by atoms with Gasteiger partial charge in [0.25, 0.3) is 0 Å². The van der Waals surface area contributed by atoms with Gasteiger partial charge in [0.1, 0.15) is 5.82 Å². The zero-order valence-electron chi connectivity index (χ0n) is 11.7. The molecule has 0 aliphatic carbocycles. The number of hydrogen-bond acceptors (Lipinski definition) is 2. The van der Waals surface area contributed by atoms with Gasteiger partial charge in [0, 0.05) is 11.9 Å². The first kappa shape index (κ1) is 14.4. The molecule has 4 heteroatoms. The van der Waals surface area contributed by atoms with Gasteiger partial charge in [-0.3, -0.25) is 9.78 Å². The molecule has 1 N–H and O–H groups in total. The number of carbonyl (C=O) groups is 1. The zero-order valence-corrected chi connectivity index (χ0v) is 11.7. The van der Waals surface area contributed by atoms with E-state index >= 15 is 0 Å². The van der Waals surface area contributed by atoms with Crippen LogP contribution in [0.2, 0.25) is 0 Å². The predicted octanol–water partition coefficient (Wildman–Crippen LogP) is 3.22. The Kier molecular flexibility index (Phi) is 5.04. The minimum Gasteiger partial charge on any atom is -0.356 e. The standard InChI is InChI=1S/C16H19FN2O/c1-2-3-4-9-18-16(20)11-14-7-5-12-10-13(17)6-8-15(12)19-14/h5-8,10H,2-4,9,11H2,1H3,(H,18,20). The molecule has 106 valence electrons. The van der Waals surface area contributed by atoms with Crippen molar-refractivity contribution >= 4 is 16.8 Å². The molecule has 3 nitrogen and oxygen atoms in total. The Morgan fingerprint density at radius 2 is 2.10 bits per heavy atom. The van der Waals surface area contributed by atoms with E-state index < -0.39 is 0 Å². The van der Waals surface area contributed by atoms with Crippen LogP contribution in [-0.4, -0.2) is 17.4 Å². The van der Waals surface area contributed by atoms with Crippen molar-refractivity contribution in [2.75, 3.05) is 6.54 Å². The van der Waals surface area contributed by atoms with Crippen LogP contribution in [0.15, 0.2) is 30.3 Å². The SMILES string of the molecule is CCCCCNC(=O)Cc1ccc2cc(F)ccc2n1. The maximum absolute atomic E-state index is 13.1. The van der Waals surface area contributed by atoms with E-state index in [-0.39, 0.29) is 18.1 Å². The molecule has 0 bridgehead atoms. The van der Waals surface area contributed by atoms with Gasteiger partial charge in [-0.2, -0.15) is 0 Å². The smallest absolute Gasteiger partial charge is 0.226 e. The molecule has 0 saturated heterocycles. The van der Waals surface area contributed by atoms with E-state index in [1.54, 1.807) is 18.2 Å². The number of rotatable bonds is 6. The lowest BCUT2D eigenvalue weighted by Gasteiger charge is -2.05. The summed E-state index contributed by atoms with van der Waals surface area (Å²) in [6.07, 6.45) is 3.53. The molecule has 1 aromatic heterocycles. The van der Waals surface area contributed by atoms with Crippen LogP contribution < -0.4 is 5.32 Å². The number of halogens is 1. The van der Waals surface area contributed by atoms with Gasteiger partial charge in [-0.1, -0.05) is 25.8 Å². The molecule has 0 unspecified atom stereocenters. The maximum Gasteiger partial charge on any atom is 0.226 e. The molecule has 2 aromatic rings. The number of nitrogens with zero attached hydrogens (tertiary/aromatic N) is 1. The van der Waals surface area contributed by atoms with Gasteiger partial charge >= 0.3 is 0 Å². The lowest BCUT2D eigenvalue weighted by Crippen LogP contribution is -2.26. The normalized spacial score (nSPS) is 10.7. The van der Waals surface area contributed by atoms with Gasteiger partial charge in [0.2, 0.25) is 5.91 Å². The van der Waals surface area contributed by atoms with Gasteiger partial charge in [0.15, 0.2) is 0 Å². The number of amides is 1. The summed E-state index contributed by atoms with van der Waals surface area (Å²) < 4.78 is 13.1. The molecule has 0 fully saturated rings. The number of aromatic nitrogens is 1. The molecule has 0 aliphatic heterocycles. The average molecular weight is 274 g/mol. The van der Waals surface area contributed by atoms with Gasteiger partial charge in [-0.05, 0) is 30.7 Å². The van der Waals surface area contributed by atoms with E-state index in [4.69, 9.17) is 0 Å². The summed E-state index contributed by atoms with van der Waals surface area (Å²) in [6.45, 7) is 2.84. The van der Waals surface area contributed by atoms with Crippen molar-refractivity contribution in [1.29, 1.82) is 0 Å². The zero-order chi connectivity index (χ0) is 14.4. The lowest BCUT2D eigenvalue weighted by atomic mass is 10.1. The Morgan fingerprint density at radius 3 is 2.90 bits per heavy atom. The number of hydrogen-bond donors (Lipinski definition) is 1. The monoisotopic (exact) mass is 274 g/mol. The van der Waals surface area contributed by atoms with Crippen LogP contribution in [0, 0.1) is 5.82 Å². The minimum absolute atomic E-state index is 0.0185. The molecule has 0 spiro atoms. The van der Waals surface area contributed by atoms with E-state index in [9.17, 15) is 9.18 Å². The van der Waals surface area contributed by atoms with Crippen molar-refractivity contribution in [1.82, 2.24) is 10.3 Å². The lowest BCUT2D eigenvalue weighted by molar-refractivity contribution is -0.120. The topological polar surface area (TPSA) is 42.0 Å². The molecule has 0 aliphatic rings. The van der Waals surface area contributed by atoms with Crippen molar-refractivity contribution in [2.45, 2.75) is 32.6 Å². The molecule has 0 saturated carbocycles. The predicted molar refractivity (Wildman–Crippen MR) is 77.9 cm³/mol. The van der Waals surface area contributed by atoms with E-state index in [1.807, 2.05) is 0 Å². The minimum atomic E-state index is -0.277. The summed E-state index contributed by atoms with van der Waals surface area (Å²) >= 11 is 0. The number of carbonyl (C=O) groups excluding carboxylic acids is 1. The van der Waals surface area contributed by atoms with Crippen LogP contribution in [0.5, 0.6) is 0 Å². The van der Waals surface area contributed by atoms with Gasteiger partial charge < -0.3 is 5.32 Å². The van der Waals surface area contributed by atoms with Crippen molar-refractivity contribution in [3.63, 3.8) is 0 Å². The highest BCUT2D eigenvalue weighted by Crippen LogP contribution is 2.14. The van der Waals surface area contributed by atoms with E-state index in [0.717, 1.165) is 24.6 Å². The highest BCUT2D eigenvalue weighted by molar-refractivity contribution is 5.81. The molecular weight excluding hydrogens is 255 g/mol. The van der Waals surface area contributed by atoms with Crippen molar-refractivity contribution in [2.24, 2.45) is 0 Å². The highest BCUT2D eigenvalue weighted by atomic mass is 19.1. The molecule has 1 heterocycles. The second-order valence-corrected chi connectivity index (χ2v) is 4.87. The van der Waals surface area contributed by atoms with Gasteiger partial charge in [-0.15, -0.1) is 0 Å². The largest absolute Gasteiger partial charge is 0.356 e. The number of nitrogens with one attached hydrogen (secondary N) is 1. The first-order valence-electron chi connectivity index (χ1n) is 7.01. The summed E-state index contributed by atoms with van der Waals surface area (Å²) in [5.41, 5.74) is 1.42.